The van der Waals surface area contributed by atoms with E-state index in [1.165, 1.54) is 6.07 Å². The zero-order chi connectivity index (χ0) is 20.4. The number of carbonyl (C=O) groups is 1. The van der Waals surface area contributed by atoms with Crippen molar-refractivity contribution in [2.75, 3.05) is 5.32 Å². The highest BCUT2D eigenvalue weighted by Crippen LogP contribution is 2.22. The van der Waals surface area contributed by atoms with Crippen molar-refractivity contribution in [3.8, 4) is 11.4 Å². The van der Waals surface area contributed by atoms with Gasteiger partial charge in [-0.2, -0.15) is 5.10 Å². The highest BCUT2D eigenvalue weighted by atomic mass is 19.1. The van der Waals surface area contributed by atoms with Crippen LogP contribution in [0.3, 0.4) is 0 Å². The van der Waals surface area contributed by atoms with Gasteiger partial charge < -0.3 is 9.88 Å². The van der Waals surface area contributed by atoms with Gasteiger partial charge in [0.15, 0.2) is 0 Å². The fraction of sp³-hybridized carbons (Fsp3) is 0.130. The largest absolute Gasteiger partial charge is 0.324 e. The summed E-state index contributed by atoms with van der Waals surface area (Å²) in [7, 11) is 0. The number of amides is 1. The molecule has 0 radical (unpaired) electrons. The van der Waals surface area contributed by atoms with E-state index in [1.54, 1.807) is 12.1 Å². The summed E-state index contributed by atoms with van der Waals surface area (Å²) < 4.78 is 17.9. The van der Waals surface area contributed by atoms with E-state index in [1.807, 2.05) is 78.0 Å². The molecular formula is C23H21FN4O. The highest BCUT2D eigenvalue weighted by Gasteiger charge is 2.17. The van der Waals surface area contributed by atoms with Crippen LogP contribution in [0, 0.1) is 19.7 Å². The van der Waals surface area contributed by atoms with Crippen LogP contribution in [0.15, 0.2) is 73.1 Å². The Morgan fingerprint density at radius 2 is 1.72 bits per heavy atom. The molecule has 1 amide bonds. The molecule has 0 aliphatic rings. The lowest BCUT2D eigenvalue weighted by Gasteiger charge is -2.10. The van der Waals surface area contributed by atoms with Gasteiger partial charge in [-0.1, -0.05) is 18.2 Å². The summed E-state index contributed by atoms with van der Waals surface area (Å²) >= 11 is 0. The first-order valence-corrected chi connectivity index (χ1v) is 9.36. The molecule has 0 fully saturated rings. The van der Waals surface area contributed by atoms with Crippen molar-refractivity contribution >= 4 is 11.6 Å². The van der Waals surface area contributed by atoms with Gasteiger partial charge in [0.2, 0.25) is 5.91 Å². The van der Waals surface area contributed by atoms with Crippen LogP contribution in [0.4, 0.5) is 10.1 Å². The molecule has 6 heteroatoms. The van der Waals surface area contributed by atoms with Gasteiger partial charge in [-0.3, -0.25) is 4.79 Å². The van der Waals surface area contributed by atoms with E-state index in [9.17, 15) is 9.18 Å². The van der Waals surface area contributed by atoms with Gasteiger partial charge in [-0.05, 0) is 56.3 Å². The molecule has 0 spiro atoms. The standard InChI is InChI=1S/C23H21FN4O/c1-16-20(17(2)28(26-16)18-8-4-3-5-9-18)15-23(29)25-22-14-19(10-11-21(22)24)27-12-6-7-13-27/h3-14H,15H2,1-2H3,(H,25,29). The molecule has 29 heavy (non-hydrogen) atoms. The van der Waals surface area contributed by atoms with Crippen molar-refractivity contribution in [1.29, 1.82) is 0 Å². The Morgan fingerprint density at radius 3 is 2.45 bits per heavy atom. The van der Waals surface area contributed by atoms with Crippen LogP contribution in [0.1, 0.15) is 17.0 Å². The van der Waals surface area contributed by atoms with Crippen LogP contribution in [0.2, 0.25) is 0 Å². The molecule has 4 aromatic rings. The Hall–Kier alpha value is -3.67. The monoisotopic (exact) mass is 388 g/mol. The first-order chi connectivity index (χ1) is 14.0. The fourth-order valence-electron chi connectivity index (χ4n) is 3.38. The van der Waals surface area contributed by atoms with Crippen LogP contribution in [0.25, 0.3) is 11.4 Å². The number of nitrogens with zero attached hydrogens (tertiary/aromatic N) is 3. The number of hydrogen-bond donors (Lipinski definition) is 1. The van der Waals surface area contributed by atoms with Crippen LogP contribution in [-0.4, -0.2) is 20.3 Å². The maximum Gasteiger partial charge on any atom is 0.229 e. The van der Waals surface area contributed by atoms with Gasteiger partial charge in [0.05, 0.1) is 23.5 Å². The van der Waals surface area contributed by atoms with E-state index < -0.39 is 5.82 Å². The van der Waals surface area contributed by atoms with Gasteiger partial charge in [-0.25, -0.2) is 9.07 Å². The summed E-state index contributed by atoms with van der Waals surface area (Å²) in [5.41, 5.74) is 4.38. The van der Waals surface area contributed by atoms with Crippen molar-refractivity contribution in [2.24, 2.45) is 0 Å². The predicted molar refractivity (Wildman–Crippen MR) is 111 cm³/mol. The quantitative estimate of drug-likeness (QED) is 0.543. The smallest absolute Gasteiger partial charge is 0.229 e. The molecule has 0 atom stereocenters. The van der Waals surface area contributed by atoms with Crippen LogP contribution in [-0.2, 0) is 11.2 Å². The van der Waals surface area contributed by atoms with Crippen molar-refractivity contribution in [3.63, 3.8) is 0 Å². The molecule has 2 aromatic carbocycles. The average molecular weight is 388 g/mol. The van der Waals surface area contributed by atoms with E-state index in [2.05, 4.69) is 10.4 Å². The lowest BCUT2D eigenvalue weighted by molar-refractivity contribution is -0.115. The molecule has 1 N–H and O–H groups in total. The summed E-state index contributed by atoms with van der Waals surface area (Å²) in [4.78, 5) is 12.7. The summed E-state index contributed by atoms with van der Waals surface area (Å²) in [6, 6.07) is 18.2. The molecule has 2 heterocycles. The predicted octanol–water partition coefficient (Wildman–Crippen LogP) is 4.60. The van der Waals surface area contributed by atoms with E-state index in [0.29, 0.717) is 0 Å². The number of aromatic nitrogens is 3. The fourth-order valence-corrected chi connectivity index (χ4v) is 3.38. The van der Waals surface area contributed by atoms with E-state index in [0.717, 1.165) is 28.3 Å². The molecule has 2 aromatic heterocycles. The molecule has 146 valence electrons. The Morgan fingerprint density at radius 1 is 1.00 bits per heavy atom. The Bertz CT molecular complexity index is 1150. The third-order valence-electron chi connectivity index (χ3n) is 4.91. The summed E-state index contributed by atoms with van der Waals surface area (Å²) in [6.45, 7) is 3.81. The maximum atomic E-state index is 14.3. The van der Waals surface area contributed by atoms with Gasteiger partial charge in [0.25, 0.3) is 0 Å². The number of nitrogens with one attached hydrogen (secondary N) is 1. The SMILES string of the molecule is Cc1nn(-c2ccccc2)c(C)c1CC(=O)Nc1cc(-n2cccc2)ccc1F. The van der Waals surface area contributed by atoms with Crippen molar-refractivity contribution in [2.45, 2.75) is 20.3 Å². The van der Waals surface area contributed by atoms with Crippen molar-refractivity contribution in [1.82, 2.24) is 14.3 Å². The molecular weight excluding hydrogens is 367 g/mol. The van der Waals surface area contributed by atoms with E-state index >= 15 is 0 Å². The van der Waals surface area contributed by atoms with Crippen molar-refractivity contribution < 1.29 is 9.18 Å². The van der Waals surface area contributed by atoms with Crippen molar-refractivity contribution in [3.05, 3.63) is 95.8 Å². The topological polar surface area (TPSA) is 51.9 Å². The third kappa shape index (κ3) is 3.82. The second-order valence-corrected chi connectivity index (χ2v) is 6.88. The zero-order valence-corrected chi connectivity index (χ0v) is 16.3. The van der Waals surface area contributed by atoms with Gasteiger partial charge >= 0.3 is 0 Å². The zero-order valence-electron chi connectivity index (χ0n) is 16.3. The molecule has 0 saturated carbocycles. The Labute approximate surface area is 168 Å². The number of aryl methyl sites for hydroxylation is 1. The van der Waals surface area contributed by atoms with Crippen LogP contribution >= 0.6 is 0 Å². The lowest BCUT2D eigenvalue weighted by atomic mass is 10.1. The number of halogens is 1. The summed E-state index contributed by atoms with van der Waals surface area (Å²) in [5, 5.41) is 7.27. The minimum Gasteiger partial charge on any atom is -0.324 e. The average Bonchev–Trinajstić information content (AvgIpc) is 3.35. The van der Waals surface area contributed by atoms with Crippen LogP contribution in [0.5, 0.6) is 0 Å². The molecule has 0 saturated heterocycles. The van der Waals surface area contributed by atoms with Gasteiger partial charge in [0.1, 0.15) is 5.82 Å². The normalized spacial score (nSPS) is 10.9. The molecule has 0 aliphatic carbocycles. The first kappa shape index (κ1) is 18.7. The highest BCUT2D eigenvalue weighted by molar-refractivity contribution is 5.93. The Balaban J connectivity index is 1.55. The van der Waals surface area contributed by atoms with Gasteiger partial charge in [0, 0.05) is 29.3 Å². The molecule has 4 rings (SSSR count). The summed E-state index contributed by atoms with van der Waals surface area (Å²) in [6.07, 6.45) is 3.85. The number of anilines is 1. The molecule has 0 aliphatic heterocycles. The minimum absolute atomic E-state index is 0.123. The third-order valence-corrected chi connectivity index (χ3v) is 4.91. The second kappa shape index (κ2) is 7.75. The minimum atomic E-state index is -0.470. The number of hydrogen-bond acceptors (Lipinski definition) is 2. The molecule has 0 bridgehead atoms. The molecule has 0 unspecified atom stereocenters. The second-order valence-electron chi connectivity index (χ2n) is 6.88. The number of benzene rings is 2. The van der Waals surface area contributed by atoms with E-state index in [-0.39, 0.29) is 18.0 Å². The molecule has 5 nitrogen and oxygen atoms in total. The van der Waals surface area contributed by atoms with E-state index in [4.69, 9.17) is 0 Å². The summed E-state index contributed by atoms with van der Waals surface area (Å²) in [5.74, 6) is -0.755. The Kier molecular flexibility index (Phi) is 4.99. The number of rotatable bonds is 5. The number of para-hydroxylation sites is 1. The lowest BCUT2D eigenvalue weighted by Crippen LogP contribution is -2.16. The number of carbonyl (C=O) groups excluding carboxylic acids is 1. The first-order valence-electron chi connectivity index (χ1n) is 9.36. The maximum absolute atomic E-state index is 14.3. The van der Waals surface area contributed by atoms with Crippen LogP contribution < -0.4 is 5.32 Å². The van der Waals surface area contributed by atoms with Gasteiger partial charge in [-0.15, -0.1) is 0 Å².